The minimum atomic E-state index is -3.80. The van der Waals surface area contributed by atoms with Gasteiger partial charge in [0.25, 0.3) is 0 Å². The van der Waals surface area contributed by atoms with E-state index in [4.69, 9.17) is 9.47 Å². The molecule has 0 bridgehead atoms. The largest absolute Gasteiger partial charge is 0.497 e. The molecular formula is C27H37N3O6S. The average Bonchev–Trinajstić information content (AvgIpc) is 3.39. The Bertz CT molecular complexity index is 1160. The number of amides is 2. The van der Waals surface area contributed by atoms with Gasteiger partial charge in [-0.05, 0) is 61.2 Å². The number of carbonyl (C=O) groups is 2. The minimum absolute atomic E-state index is 0.0992. The van der Waals surface area contributed by atoms with Gasteiger partial charge in [-0.2, -0.15) is 0 Å². The van der Waals surface area contributed by atoms with Gasteiger partial charge >= 0.3 is 0 Å². The van der Waals surface area contributed by atoms with Crippen molar-refractivity contribution in [2.75, 3.05) is 31.3 Å². The van der Waals surface area contributed by atoms with Crippen LogP contribution in [-0.4, -0.2) is 64.2 Å². The van der Waals surface area contributed by atoms with Gasteiger partial charge in [-0.25, -0.2) is 8.42 Å². The fourth-order valence-corrected chi connectivity index (χ4v) is 5.47. The third-order valence-corrected chi connectivity index (χ3v) is 7.75. The van der Waals surface area contributed by atoms with Gasteiger partial charge in [-0.3, -0.25) is 13.9 Å². The maximum absolute atomic E-state index is 13.8. The van der Waals surface area contributed by atoms with Crippen LogP contribution in [0.5, 0.6) is 11.5 Å². The fourth-order valence-electron chi connectivity index (χ4n) is 4.62. The van der Waals surface area contributed by atoms with Crippen molar-refractivity contribution in [1.29, 1.82) is 0 Å². The summed E-state index contributed by atoms with van der Waals surface area (Å²) in [5.41, 5.74) is 1.11. The number of hydrogen-bond acceptors (Lipinski definition) is 6. The lowest BCUT2D eigenvalue weighted by atomic mass is 10.1. The number of rotatable bonds is 12. The second kappa shape index (κ2) is 12.8. The third kappa shape index (κ3) is 7.61. The molecule has 10 heteroatoms. The number of nitrogens with one attached hydrogen (secondary N) is 1. The highest BCUT2D eigenvalue weighted by Gasteiger charge is 2.33. The number of anilines is 1. The molecule has 9 nitrogen and oxygen atoms in total. The summed E-state index contributed by atoms with van der Waals surface area (Å²) >= 11 is 0. The van der Waals surface area contributed by atoms with Gasteiger partial charge in [0.1, 0.15) is 24.1 Å². The van der Waals surface area contributed by atoms with E-state index in [9.17, 15) is 18.0 Å². The number of benzene rings is 2. The van der Waals surface area contributed by atoms with Crippen molar-refractivity contribution >= 4 is 27.5 Å². The van der Waals surface area contributed by atoms with Gasteiger partial charge < -0.3 is 19.7 Å². The first-order chi connectivity index (χ1) is 17.7. The molecule has 1 N–H and O–H groups in total. The Hall–Kier alpha value is -3.27. The van der Waals surface area contributed by atoms with E-state index in [0.717, 1.165) is 41.8 Å². The highest BCUT2D eigenvalue weighted by Crippen LogP contribution is 2.24. The summed E-state index contributed by atoms with van der Waals surface area (Å²) in [5.74, 6) is 0.501. The summed E-state index contributed by atoms with van der Waals surface area (Å²) in [7, 11) is -0.718. The van der Waals surface area contributed by atoms with Crippen LogP contribution < -0.4 is 19.1 Å². The molecule has 37 heavy (non-hydrogen) atoms. The van der Waals surface area contributed by atoms with E-state index in [-0.39, 0.29) is 18.5 Å². The van der Waals surface area contributed by atoms with E-state index in [0.29, 0.717) is 23.6 Å². The molecule has 2 amide bonds. The predicted octanol–water partition coefficient (Wildman–Crippen LogP) is 3.34. The van der Waals surface area contributed by atoms with Crippen molar-refractivity contribution in [2.24, 2.45) is 0 Å². The van der Waals surface area contributed by atoms with Gasteiger partial charge in [0.15, 0.2) is 0 Å². The van der Waals surface area contributed by atoms with E-state index < -0.39 is 28.5 Å². The van der Waals surface area contributed by atoms with E-state index >= 15 is 0 Å². The predicted molar refractivity (Wildman–Crippen MR) is 143 cm³/mol. The van der Waals surface area contributed by atoms with E-state index in [1.807, 2.05) is 19.1 Å². The molecule has 0 radical (unpaired) electrons. The monoisotopic (exact) mass is 531 g/mol. The summed E-state index contributed by atoms with van der Waals surface area (Å²) in [4.78, 5) is 28.6. The Morgan fingerprint density at radius 2 is 1.68 bits per heavy atom. The quantitative estimate of drug-likeness (QED) is 0.451. The highest BCUT2D eigenvalue weighted by atomic mass is 32.2. The zero-order valence-corrected chi connectivity index (χ0v) is 22.8. The summed E-state index contributed by atoms with van der Waals surface area (Å²) in [6.07, 6.45) is 5.42. The van der Waals surface area contributed by atoms with Crippen LogP contribution in [0, 0.1) is 0 Å². The Kier molecular flexibility index (Phi) is 9.79. The molecular weight excluding hydrogens is 494 g/mol. The first-order valence-corrected chi connectivity index (χ1v) is 14.4. The van der Waals surface area contributed by atoms with Crippen LogP contribution in [0.25, 0.3) is 0 Å². The number of hydrogen-bond donors (Lipinski definition) is 1. The van der Waals surface area contributed by atoms with Crippen LogP contribution in [0.3, 0.4) is 0 Å². The van der Waals surface area contributed by atoms with Crippen LogP contribution in [0.1, 0.15) is 44.6 Å². The van der Waals surface area contributed by atoms with E-state index in [2.05, 4.69) is 5.32 Å². The molecule has 1 fully saturated rings. The standard InChI is InChI=1S/C27H37N3O6S/c1-5-25(27(32)28-21-10-6-7-11-21)29(18-20-9-8-12-24(17-20)36-3)26(31)19-30(37(4,33)34)22-13-15-23(35-2)16-14-22/h8-9,12-17,21,25H,5-7,10-11,18-19H2,1-4H3,(H,28,32)/t25-/m0/s1. The summed E-state index contributed by atoms with van der Waals surface area (Å²) < 4.78 is 37.0. The van der Waals surface area contributed by atoms with Crippen molar-refractivity contribution in [3.05, 3.63) is 54.1 Å². The number of ether oxygens (including phenoxy) is 2. The molecule has 1 atom stereocenters. The molecule has 3 rings (SSSR count). The second-order valence-corrected chi connectivity index (χ2v) is 11.2. The van der Waals surface area contributed by atoms with Crippen molar-refractivity contribution in [3.63, 3.8) is 0 Å². The maximum atomic E-state index is 13.8. The SMILES string of the molecule is CC[C@@H](C(=O)NC1CCCC1)N(Cc1cccc(OC)c1)C(=O)CN(c1ccc(OC)cc1)S(C)(=O)=O. The molecule has 1 aliphatic rings. The van der Waals surface area contributed by atoms with Crippen molar-refractivity contribution in [2.45, 2.75) is 57.7 Å². The molecule has 0 saturated heterocycles. The van der Waals surface area contributed by atoms with Gasteiger partial charge in [-0.1, -0.05) is 31.9 Å². The molecule has 0 unspecified atom stereocenters. The molecule has 0 aliphatic heterocycles. The number of sulfonamides is 1. The first-order valence-electron chi connectivity index (χ1n) is 12.5. The van der Waals surface area contributed by atoms with Crippen LogP contribution in [-0.2, 0) is 26.2 Å². The van der Waals surface area contributed by atoms with Crippen molar-refractivity contribution in [3.8, 4) is 11.5 Å². The van der Waals surface area contributed by atoms with Crippen LogP contribution in [0.2, 0.25) is 0 Å². The smallest absolute Gasteiger partial charge is 0.244 e. The Morgan fingerprint density at radius 1 is 1.03 bits per heavy atom. The highest BCUT2D eigenvalue weighted by molar-refractivity contribution is 7.92. The lowest BCUT2D eigenvalue weighted by Crippen LogP contribution is -2.53. The average molecular weight is 532 g/mol. The topological polar surface area (TPSA) is 105 Å². The van der Waals surface area contributed by atoms with Crippen LogP contribution in [0.4, 0.5) is 5.69 Å². The molecule has 1 saturated carbocycles. The number of nitrogens with zero attached hydrogens (tertiary/aromatic N) is 2. The van der Waals surface area contributed by atoms with Crippen LogP contribution >= 0.6 is 0 Å². The molecule has 0 spiro atoms. The van der Waals surface area contributed by atoms with Gasteiger partial charge in [-0.15, -0.1) is 0 Å². The second-order valence-electron chi connectivity index (χ2n) is 9.25. The summed E-state index contributed by atoms with van der Waals surface area (Å²) in [5, 5.41) is 3.10. The molecule has 0 aromatic heterocycles. The lowest BCUT2D eigenvalue weighted by molar-refractivity contribution is -0.140. The van der Waals surface area contributed by atoms with Gasteiger partial charge in [0, 0.05) is 12.6 Å². The van der Waals surface area contributed by atoms with E-state index in [1.165, 1.54) is 12.0 Å². The van der Waals surface area contributed by atoms with Gasteiger partial charge in [0.2, 0.25) is 21.8 Å². The fraction of sp³-hybridized carbons (Fsp3) is 0.481. The van der Waals surface area contributed by atoms with Crippen LogP contribution in [0.15, 0.2) is 48.5 Å². The Balaban J connectivity index is 1.92. The van der Waals surface area contributed by atoms with Gasteiger partial charge in [0.05, 0.1) is 26.2 Å². The minimum Gasteiger partial charge on any atom is -0.497 e. The summed E-state index contributed by atoms with van der Waals surface area (Å²) in [6, 6.07) is 13.1. The van der Waals surface area contributed by atoms with Crippen molar-refractivity contribution in [1.82, 2.24) is 10.2 Å². The summed E-state index contributed by atoms with van der Waals surface area (Å²) in [6.45, 7) is 1.54. The zero-order chi connectivity index (χ0) is 27.0. The van der Waals surface area contributed by atoms with E-state index in [1.54, 1.807) is 43.5 Å². The maximum Gasteiger partial charge on any atom is 0.244 e. The molecule has 2 aromatic rings. The molecule has 2 aromatic carbocycles. The molecule has 202 valence electrons. The normalized spacial score (nSPS) is 14.6. The Morgan fingerprint density at radius 3 is 2.24 bits per heavy atom. The van der Waals surface area contributed by atoms with Crippen molar-refractivity contribution < 1.29 is 27.5 Å². The molecule has 1 aliphatic carbocycles. The first kappa shape index (κ1) is 28.3. The number of carbonyl (C=O) groups excluding carboxylic acids is 2. The third-order valence-electron chi connectivity index (χ3n) is 6.61. The Labute approximate surface area is 219 Å². The molecule has 0 heterocycles. The number of methoxy groups -OCH3 is 2. The lowest BCUT2D eigenvalue weighted by Gasteiger charge is -2.33. The zero-order valence-electron chi connectivity index (χ0n) is 22.0.